The van der Waals surface area contributed by atoms with Crippen molar-refractivity contribution >= 4 is 17.5 Å². The number of nitrogens with zero attached hydrogens (tertiary/aromatic N) is 3. The SMILES string of the molecule is O=C(Nc1ccc(F)cc1)c1cnc(N2CCc3ccccc3C2)nc1. The molecule has 130 valence electrons. The molecule has 1 aliphatic heterocycles. The van der Waals surface area contributed by atoms with Gasteiger partial charge in [0.05, 0.1) is 5.56 Å². The van der Waals surface area contributed by atoms with Crippen molar-refractivity contribution in [1.29, 1.82) is 0 Å². The monoisotopic (exact) mass is 348 g/mol. The van der Waals surface area contributed by atoms with Gasteiger partial charge in [0.2, 0.25) is 5.95 Å². The summed E-state index contributed by atoms with van der Waals surface area (Å²) < 4.78 is 12.9. The van der Waals surface area contributed by atoms with Crippen molar-refractivity contribution in [1.82, 2.24) is 9.97 Å². The third-order valence-electron chi connectivity index (χ3n) is 4.42. The molecule has 1 N–H and O–H groups in total. The number of carbonyl (C=O) groups is 1. The highest BCUT2D eigenvalue weighted by Crippen LogP contribution is 2.21. The Morgan fingerprint density at radius 3 is 2.42 bits per heavy atom. The molecule has 2 heterocycles. The lowest BCUT2D eigenvalue weighted by Crippen LogP contribution is -2.31. The van der Waals surface area contributed by atoms with Gasteiger partial charge in [-0.25, -0.2) is 14.4 Å². The second-order valence-electron chi connectivity index (χ2n) is 6.17. The van der Waals surface area contributed by atoms with Crippen molar-refractivity contribution in [3.05, 3.63) is 83.4 Å². The zero-order chi connectivity index (χ0) is 17.9. The first-order valence-electron chi connectivity index (χ1n) is 8.40. The molecule has 1 aliphatic rings. The van der Waals surface area contributed by atoms with Crippen LogP contribution in [0.25, 0.3) is 0 Å². The molecule has 0 radical (unpaired) electrons. The number of nitrogens with one attached hydrogen (secondary N) is 1. The molecular weight excluding hydrogens is 331 g/mol. The molecule has 0 fully saturated rings. The average Bonchev–Trinajstić information content (AvgIpc) is 2.69. The molecule has 0 unspecified atom stereocenters. The Labute approximate surface area is 150 Å². The molecule has 0 bridgehead atoms. The molecule has 26 heavy (non-hydrogen) atoms. The Balaban J connectivity index is 1.45. The maximum atomic E-state index is 12.9. The highest BCUT2D eigenvalue weighted by Gasteiger charge is 2.18. The Hall–Kier alpha value is -3.28. The van der Waals surface area contributed by atoms with E-state index in [0.29, 0.717) is 17.2 Å². The molecule has 5 nitrogen and oxygen atoms in total. The van der Waals surface area contributed by atoms with E-state index in [-0.39, 0.29) is 11.7 Å². The van der Waals surface area contributed by atoms with E-state index < -0.39 is 0 Å². The highest BCUT2D eigenvalue weighted by molar-refractivity contribution is 6.03. The van der Waals surface area contributed by atoms with Crippen LogP contribution in [0, 0.1) is 5.82 Å². The third-order valence-corrected chi connectivity index (χ3v) is 4.42. The quantitative estimate of drug-likeness (QED) is 0.788. The Kier molecular flexibility index (Phi) is 4.31. The molecule has 0 atom stereocenters. The lowest BCUT2D eigenvalue weighted by molar-refractivity contribution is 0.102. The van der Waals surface area contributed by atoms with E-state index in [1.807, 2.05) is 6.07 Å². The van der Waals surface area contributed by atoms with Gasteiger partial charge in [0.1, 0.15) is 5.82 Å². The number of benzene rings is 2. The van der Waals surface area contributed by atoms with Crippen LogP contribution < -0.4 is 10.2 Å². The fourth-order valence-corrected chi connectivity index (χ4v) is 3.00. The summed E-state index contributed by atoms with van der Waals surface area (Å²) in [4.78, 5) is 23.0. The fourth-order valence-electron chi connectivity index (χ4n) is 3.00. The van der Waals surface area contributed by atoms with Gasteiger partial charge in [0, 0.05) is 31.2 Å². The van der Waals surface area contributed by atoms with Crippen molar-refractivity contribution in [3.63, 3.8) is 0 Å². The minimum atomic E-state index is -0.348. The molecule has 4 rings (SSSR count). The standard InChI is InChI=1S/C20H17FN4O/c21-17-5-7-18(8-6-17)24-19(26)16-11-22-20(23-12-16)25-10-9-14-3-1-2-4-15(14)13-25/h1-8,11-12H,9-10,13H2,(H,24,26). The largest absolute Gasteiger partial charge is 0.336 e. The van der Waals surface area contributed by atoms with E-state index in [2.05, 4.69) is 38.4 Å². The molecule has 1 amide bonds. The first kappa shape index (κ1) is 16.2. The molecule has 0 aliphatic carbocycles. The second-order valence-corrected chi connectivity index (χ2v) is 6.17. The minimum Gasteiger partial charge on any atom is -0.336 e. The smallest absolute Gasteiger partial charge is 0.258 e. The summed E-state index contributed by atoms with van der Waals surface area (Å²) in [5, 5.41) is 2.70. The van der Waals surface area contributed by atoms with Crippen LogP contribution in [0.5, 0.6) is 0 Å². The van der Waals surface area contributed by atoms with E-state index in [9.17, 15) is 9.18 Å². The van der Waals surface area contributed by atoms with Crippen LogP contribution in [-0.2, 0) is 13.0 Å². The lowest BCUT2D eigenvalue weighted by atomic mass is 10.0. The number of amides is 1. The predicted molar refractivity (Wildman–Crippen MR) is 97.6 cm³/mol. The molecule has 2 aromatic carbocycles. The van der Waals surface area contributed by atoms with Crippen LogP contribution in [0.15, 0.2) is 60.9 Å². The minimum absolute atomic E-state index is 0.327. The van der Waals surface area contributed by atoms with Gasteiger partial charge < -0.3 is 10.2 Å². The van der Waals surface area contributed by atoms with Crippen LogP contribution in [0.4, 0.5) is 16.0 Å². The predicted octanol–water partition coefficient (Wildman–Crippen LogP) is 3.43. The maximum Gasteiger partial charge on any atom is 0.258 e. The van der Waals surface area contributed by atoms with E-state index in [1.165, 1.54) is 47.8 Å². The first-order valence-corrected chi connectivity index (χ1v) is 8.40. The zero-order valence-electron chi connectivity index (χ0n) is 14.0. The maximum absolute atomic E-state index is 12.9. The molecule has 1 aromatic heterocycles. The van der Waals surface area contributed by atoms with Crippen molar-refractivity contribution in [3.8, 4) is 0 Å². The Bertz CT molecular complexity index is 925. The number of halogens is 1. The van der Waals surface area contributed by atoms with Gasteiger partial charge in [-0.3, -0.25) is 4.79 Å². The van der Waals surface area contributed by atoms with Gasteiger partial charge in [-0.15, -0.1) is 0 Å². The summed E-state index contributed by atoms with van der Waals surface area (Å²) in [5.41, 5.74) is 3.52. The lowest BCUT2D eigenvalue weighted by Gasteiger charge is -2.28. The third kappa shape index (κ3) is 3.39. The van der Waals surface area contributed by atoms with Crippen LogP contribution in [-0.4, -0.2) is 22.4 Å². The van der Waals surface area contributed by atoms with Crippen LogP contribution >= 0.6 is 0 Å². The van der Waals surface area contributed by atoms with Crippen LogP contribution in [0.1, 0.15) is 21.5 Å². The zero-order valence-corrected chi connectivity index (χ0v) is 14.0. The fraction of sp³-hybridized carbons (Fsp3) is 0.150. The number of rotatable bonds is 3. The number of hydrogen-bond acceptors (Lipinski definition) is 4. The van der Waals surface area contributed by atoms with E-state index in [1.54, 1.807) is 0 Å². The van der Waals surface area contributed by atoms with Crippen LogP contribution in [0.3, 0.4) is 0 Å². The van der Waals surface area contributed by atoms with E-state index >= 15 is 0 Å². The van der Waals surface area contributed by atoms with Crippen molar-refractivity contribution in [2.75, 3.05) is 16.8 Å². The summed E-state index contributed by atoms with van der Waals surface area (Å²) in [6.07, 6.45) is 3.98. The van der Waals surface area contributed by atoms with Gasteiger partial charge in [-0.05, 0) is 41.8 Å². The summed E-state index contributed by atoms with van der Waals surface area (Å²) in [5.74, 6) is -0.0660. The first-order chi connectivity index (χ1) is 12.7. The average molecular weight is 348 g/mol. The molecule has 0 spiro atoms. The van der Waals surface area contributed by atoms with Gasteiger partial charge in [-0.2, -0.15) is 0 Å². The summed E-state index contributed by atoms with van der Waals surface area (Å²) >= 11 is 0. The van der Waals surface area contributed by atoms with Gasteiger partial charge in [0.25, 0.3) is 5.91 Å². The second kappa shape index (κ2) is 6.92. The summed E-state index contributed by atoms with van der Waals surface area (Å²) in [6.45, 7) is 1.61. The van der Waals surface area contributed by atoms with Gasteiger partial charge in [-0.1, -0.05) is 24.3 Å². The number of aromatic nitrogens is 2. The Morgan fingerprint density at radius 2 is 1.69 bits per heavy atom. The highest BCUT2D eigenvalue weighted by atomic mass is 19.1. The number of hydrogen-bond donors (Lipinski definition) is 1. The van der Waals surface area contributed by atoms with E-state index in [0.717, 1.165) is 19.5 Å². The molecule has 0 saturated heterocycles. The summed E-state index contributed by atoms with van der Waals surface area (Å²) in [7, 11) is 0. The molecule has 0 saturated carbocycles. The topological polar surface area (TPSA) is 58.1 Å². The number of anilines is 2. The molecule has 3 aromatic rings. The normalized spacial score (nSPS) is 13.2. The van der Waals surface area contributed by atoms with Crippen molar-refractivity contribution in [2.45, 2.75) is 13.0 Å². The number of fused-ring (bicyclic) bond motifs is 1. The van der Waals surface area contributed by atoms with Crippen molar-refractivity contribution < 1.29 is 9.18 Å². The van der Waals surface area contributed by atoms with Gasteiger partial charge >= 0.3 is 0 Å². The Morgan fingerprint density at radius 1 is 1.00 bits per heavy atom. The van der Waals surface area contributed by atoms with Crippen LogP contribution in [0.2, 0.25) is 0 Å². The van der Waals surface area contributed by atoms with E-state index in [4.69, 9.17) is 0 Å². The summed E-state index contributed by atoms with van der Waals surface area (Å²) in [6, 6.07) is 14.0. The molecule has 6 heteroatoms. The number of carbonyl (C=O) groups excluding carboxylic acids is 1. The van der Waals surface area contributed by atoms with Crippen molar-refractivity contribution in [2.24, 2.45) is 0 Å². The van der Waals surface area contributed by atoms with Gasteiger partial charge in [0.15, 0.2) is 0 Å². The molecular formula is C20H17FN4O.